The predicted octanol–water partition coefficient (Wildman–Crippen LogP) is 1.50. The maximum atomic E-state index is 5.83. The van der Waals surface area contributed by atoms with Crippen molar-refractivity contribution in [3.05, 3.63) is 18.2 Å². The summed E-state index contributed by atoms with van der Waals surface area (Å²) in [4.78, 5) is 4.11. The monoisotopic (exact) mass is 197 g/mol. The standard InChI is InChI=1S/C10H19N3O/c1-8(4-5-14-3)13-7-12-6-10(13)9(2)11/h6-9H,4-5,11H2,1-3H3. The fraction of sp³-hybridized carbons (Fsp3) is 0.700. The summed E-state index contributed by atoms with van der Waals surface area (Å²) < 4.78 is 7.16. The molecule has 0 spiro atoms. The van der Waals surface area contributed by atoms with Crippen LogP contribution in [0.15, 0.2) is 12.5 Å². The van der Waals surface area contributed by atoms with Gasteiger partial charge in [-0.15, -0.1) is 0 Å². The van der Waals surface area contributed by atoms with Gasteiger partial charge in [0.25, 0.3) is 0 Å². The van der Waals surface area contributed by atoms with Crippen LogP contribution in [0.3, 0.4) is 0 Å². The normalized spacial score (nSPS) is 15.4. The smallest absolute Gasteiger partial charge is 0.0951 e. The average molecular weight is 197 g/mol. The van der Waals surface area contributed by atoms with Crippen LogP contribution in [0.1, 0.15) is 38.0 Å². The van der Waals surface area contributed by atoms with Gasteiger partial charge in [0, 0.05) is 32.0 Å². The zero-order chi connectivity index (χ0) is 10.6. The maximum absolute atomic E-state index is 5.83. The lowest BCUT2D eigenvalue weighted by Crippen LogP contribution is -2.15. The molecule has 0 aliphatic rings. The second kappa shape index (κ2) is 5.12. The highest BCUT2D eigenvalue weighted by atomic mass is 16.5. The molecular weight excluding hydrogens is 178 g/mol. The molecule has 2 atom stereocenters. The van der Waals surface area contributed by atoms with Gasteiger partial charge in [0.1, 0.15) is 0 Å². The summed E-state index contributed by atoms with van der Waals surface area (Å²) in [6.45, 7) is 4.88. The van der Waals surface area contributed by atoms with Gasteiger partial charge in [0.05, 0.1) is 12.0 Å². The van der Waals surface area contributed by atoms with Crippen LogP contribution in [0.2, 0.25) is 0 Å². The third-order valence-electron chi connectivity index (χ3n) is 2.38. The van der Waals surface area contributed by atoms with Gasteiger partial charge in [0.2, 0.25) is 0 Å². The van der Waals surface area contributed by atoms with E-state index in [0.29, 0.717) is 6.04 Å². The number of methoxy groups -OCH3 is 1. The first-order chi connectivity index (χ1) is 6.66. The van der Waals surface area contributed by atoms with E-state index in [0.717, 1.165) is 18.7 Å². The summed E-state index contributed by atoms with van der Waals surface area (Å²) in [6.07, 6.45) is 4.64. The second-order valence-electron chi connectivity index (χ2n) is 3.64. The number of imidazole rings is 1. The van der Waals surface area contributed by atoms with Crippen molar-refractivity contribution in [1.29, 1.82) is 0 Å². The Morgan fingerprint density at radius 3 is 2.86 bits per heavy atom. The first-order valence-electron chi connectivity index (χ1n) is 4.93. The van der Waals surface area contributed by atoms with E-state index in [1.54, 1.807) is 7.11 Å². The van der Waals surface area contributed by atoms with Crippen molar-refractivity contribution < 1.29 is 4.74 Å². The first-order valence-corrected chi connectivity index (χ1v) is 4.93. The van der Waals surface area contributed by atoms with Crippen LogP contribution in [-0.4, -0.2) is 23.3 Å². The number of nitrogens with two attached hydrogens (primary N) is 1. The molecule has 0 aliphatic heterocycles. The number of rotatable bonds is 5. The van der Waals surface area contributed by atoms with E-state index in [2.05, 4.69) is 16.5 Å². The van der Waals surface area contributed by atoms with Crippen LogP contribution in [0.5, 0.6) is 0 Å². The lowest BCUT2D eigenvalue weighted by Gasteiger charge is -2.17. The highest BCUT2D eigenvalue weighted by Gasteiger charge is 2.11. The Bertz CT molecular complexity index is 270. The van der Waals surface area contributed by atoms with Crippen molar-refractivity contribution in [2.24, 2.45) is 5.73 Å². The van der Waals surface area contributed by atoms with Crippen LogP contribution in [0, 0.1) is 0 Å². The van der Waals surface area contributed by atoms with Gasteiger partial charge in [-0.3, -0.25) is 0 Å². The second-order valence-corrected chi connectivity index (χ2v) is 3.64. The minimum atomic E-state index is 0.0301. The van der Waals surface area contributed by atoms with Gasteiger partial charge in [-0.05, 0) is 20.3 Å². The fourth-order valence-electron chi connectivity index (χ4n) is 1.46. The lowest BCUT2D eigenvalue weighted by molar-refractivity contribution is 0.180. The van der Waals surface area contributed by atoms with Crippen molar-refractivity contribution in [1.82, 2.24) is 9.55 Å². The van der Waals surface area contributed by atoms with Gasteiger partial charge >= 0.3 is 0 Å². The average Bonchev–Trinajstić information content (AvgIpc) is 2.62. The predicted molar refractivity (Wildman–Crippen MR) is 56.0 cm³/mol. The summed E-state index contributed by atoms with van der Waals surface area (Å²) in [5.41, 5.74) is 6.91. The fourth-order valence-corrected chi connectivity index (χ4v) is 1.46. The van der Waals surface area contributed by atoms with Crippen LogP contribution < -0.4 is 5.73 Å². The molecule has 4 heteroatoms. The number of aromatic nitrogens is 2. The molecule has 0 fully saturated rings. The molecular formula is C10H19N3O. The zero-order valence-electron chi connectivity index (χ0n) is 9.10. The minimum absolute atomic E-state index is 0.0301. The molecule has 1 aromatic rings. The quantitative estimate of drug-likeness (QED) is 0.778. The molecule has 1 aromatic heterocycles. The Morgan fingerprint density at radius 2 is 2.29 bits per heavy atom. The molecule has 80 valence electrons. The molecule has 0 radical (unpaired) electrons. The van der Waals surface area contributed by atoms with Gasteiger partial charge in [-0.2, -0.15) is 0 Å². The molecule has 1 heterocycles. The minimum Gasteiger partial charge on any atom is -0.385 e. The summed E-state index contributed by atoms with van der Waals surface area (Å²) in [5, 5.41) is 0. The molecule has 2 N–H and O–H groups in total. The SMILES string of the molecule is COCCC(C)n1cncc1C(C)N. The van der Waals surface area contributed by atoms with E-state index < -0.39 is 0 Å². The Balaban J connectivity index is 2.68. The van der Waals surface area contributed by atoms with Gasteiger partial charge < -0.3 is 15.0 Å². The Kier molecular flexibility index (Phi) is 4.10. The molecule has 1 rings (SSSR count). The van der Waals surface area contributed by atoms with E-state index in [1.165, 1.54) is 0 Å². The van der Waals surface area contributed by atoms with E-state index in [4.69, 9.17) is 10.5 Å². The Morgan fingerprint density at radius 1 is 1.57 bits per heavy atom. The van der Waals surface area contributed by atoms with Crippen molar-refractivity contribution in [3.8, 4) is 0 Å². The van der Waals surface area contributed by atoms with Crippen LogP contribution in [-0.2, 0) is 4.74 Å². The van der Waals surface area contributed by atoms with E-state index in [-0.39, 0.29) is 6.04 Å². The largest absolute Gasteiger partial charge is 0.385 e. The summed E-state index contributed by atoms with van der Waals surface area (Å²) in [5.74, 6) is 0. The van der Waals surface area contributed by atoms with Crippen LogP contribution in [0.25, 0.3) is 0 Å². The Hall–Kier alpha value is -0.870. The van der Waals surface area contributed by atoms with Gasteiger partial charge in [-0.25, -0.2) is 4.98 Å². The number of ether oxygens (including phenoxy) is 1. The molecule has 4 nitrogen and oxygen atoms in total. The van der Waals surface area contributed by atoms with E-state index in [1.807, 2.05) is 19.4 Å². The number of hydrogen-bond acceptors (Lipinski definition) is 3. The third kappa shape index (κ3) is 2.56. The van der Waals surface area contributed by atoms with E-state index >= 15 is 0 Å². The molecule has 0 amide bonds. The molecule has 2 unspecified atom stereocenters. The molecule has 0 aliphatic carbocycles. The van der Waals surface area contributed by atoms with Crippen LogP contribution in [0.4, 0.5) is 0 Å². The molecule has 0 bridgehead atoms. The molecule has 14 heavy (non-hydrogen) atoms. The summed E-state index contributed by atoms with van der Waals surface area (Å²) in [6, 6.07) is 0.418. The molecule has 0 saturated heterocycles. The summed E-state index contributed by atoms with van der Waals surface area (Å²) >= 11 is 0. The zero-order valence-corrected chi connectivity index (χ0v) is 9.10. The first kappa shape index (κ1) is 11.2. The number of hydrogen-bond donors (Lipinski definition) is 1. The van der Waals surface area contributed by atoms with Crippen LogP contribution >= 0.6 is 0 Å². The van der Waals surface area contributed by atoms with Gasteiger partial charge in [0.15, 0.2) is 0 Å². The Labute approximate surface area is 85.1 Å². The molecule has 0 aromatic carbocycles. The number of nitrogens with zero attached hydrogens (tertiary/aromatic N) is 2. The van der Waals surface area contributed by atoms with Crippen molar-refractivity contribution >= 4 is 0 Å². The lowest BCUT2D eigenvalue weighted by atomic mass is 10.2. The van der Waals surface area contributed by atoms with E-state index in [9.17, 15) is 0 Å². The highest BCUT2D eigenvalue weighted by molar-refractivity contribution is 5.04. The summed E-state index contributed by atoms with van der Waals surface area (Å²) in [7, 11) is 1.72. The molecule has 0 saturated carbocycles. The van der Waals surface area contributed by atoms with Crippen molar-refractivity contribution in [2.45, 2.75) is 32.4 Å². The third-order valence-corrected chi connectivity index (χ3v) is 2.38. The topological polar surface area (TPSA) is 53.1 Å². The van der Waals surface area contributed by atoms with Crippen molar-refractivity contribution in [3.63, 3.8) is 0 Å². The van der Waals surface area contributed by atoms with Crippen molar-refractivity contribution in [2.75, 3.05) is 13.7 Å². The maximum Gasteiger partial charge on any atom is 0.0951 e. The van der Waals surface area contributed by atoms with Gasteiger partial charge in [-0.1, -0.05) is 0 Å². The highest BCUT2D eigenvalue weighted by Crippen LogP contribution is 2.17.